The summed E-state index contributed by atoms with van der Waals surface area (Å²) < 4.78 is 25.1. The Bertz CT molecular complexity index is 519. The van der Waals surface area contributed by atoms with Crippen molar-refractivity contribution in [1.82, 2.24) is 9.62 Å². The molecule has 1 aliphatic heterocycles. The van der Waals surface area contributed by atoms with Gasteiger partial charge >= 0.3 is 5.97 Å². The van der Waals surface area contributed by atoms with E-state index < -0.39 is 27.8 Å². The Balaban J connectivity index is 2.00. The van der Waals surface area contributed by atoms with Crippen molar-refractivity contribution in [3.05, 3.63) is 0 Å². The van der Waals surface area contributed by atoms with Gasteiger partial charge in [0.1, 0.15) is 0 Å². The van der Waals surface area contributed by atoms with Crippen molar-refractivity contribution in [1.29, 1.82) is 0 Å². The van der Waals surface area contributed by atoms with Gasteiger partial charge in [0, 0.05) is 19.1 Å². The van der Waals surface area contributed by atoms with Gasteiger partial charge in [-0.15, -0.1) is 0 Å². The molecule has 0 aromatic heterocycles. The zero-order valence-electron chi connectivity index (χ0n) is 12.1. The molecule has 8 heteroatoms. The van der Waals surface area contributed by atoms with Gasteiger partial charge in [0.2, 0.25) is 15.9 Å². The number of amides is 1. The van der Waals surface area contributed by atoms with E-state index >= 15 is 0 Å². The topological polar surface area (TPSA) is 104 Å². The summed E-state index contributed by atoms with van der Waals surface area (Å²) in [6.45, 7) is 0.901. The minimum Gasteiger partial charge on any atom is -0.481 e. The lowest BCUT2D eigenvalue weighted by Gasteiger charge is -2.35. The van der Waals surface area contributed by atoms with Crippen LogP contribution >= 0.6 is 0 Å². The summed E-state index contributed by atoms with van der Waals surface area (Å²) in [5, 5.41) is 9.17. The molecule has 2 rings (SSSR count). The molecule has 2 aliphatic rings. The highest BCUT2D eigenvalue weighted by Gasteiger charge is 2.40. The quantitative estimate of drug-likeness (QED) is 0.761. The first-order valence-electron chi connectivity index (χ1n) is 7.27. The van der Waals surface area contributed by atoms with Crippen LogP contribution in [-0.4, -0.2) is 55.7 Å². The number of sulfonamides is 1. The lowest BCUT2D eigenvalue weighted by molar-refractivity contribution is -0.149. The summed E-state index contributed by atoms with van der Waals surface area (Å²) in [6, 6.07) is -0.276. The van der Waals surface area contributed by atoms with Crippen LogP contribution in [0.1, 0.15) is 32.1 Å². The molecule has 2 fully saturated rings. The Labute approximate surface area is 124 Å². The molecule has 0 aromatic rings. The number of nitrogens with zero attached hydrogens (tertiary/aromatic N) is 1. The molecule has 0 bridgehead atoms. The van der Waals surface area contributed by atoms with Crippen LogP contribution in [0.4, 0.5) is 0 Å². The number of carbonyl (C=O) groups is 2. The van der Waals surface area contributed by atoms with Gasteiger partial charge in [0.25, 0.3) is 0 Å². The second-order valence-corrected chi connectivity index (χ2v) is 7.78. The van der Waals surface area contributed by atoms with Crippen LogP contribution in [0, 0.1) is 11.8 Å². The molecular formula is C13H22N2O5S. The second kappa shape index (κ2) is 6.31. The normalized spacial score (nSPS) is 30.3. The molecule has 1 amide bonds. The van der Waals surface area contributed by atoms with Gasteiger partial charge < -0.3 is 10.0 Å². The smallest absolute Gasteiger partial charge is 0.307 e. The van der Waals surface area contributed by atoms with E-state index in [0.29, 0.717) is 32.4 Å². The van der Waals surface area contributed by atoms with Crippen LogP contribution in [0.2, 0.25) is 0 Å². The van der Waals surface area contributed by atoms with E-state index in [2.05, 4.69) is 4.72 Å². The third-order valence-corrected chi connectivity index (χ3v) is 5.03. The Kier molecular flexibility index (Phi) is 4.88. The molecule has 1 saturated carbocycles. The van der Waals surface area contributed by atoms with Crippen LogP contribution in [0.15, 0.2) is 0 Å². The van der Waals surface area contributed by atoms with E-state index in [4.69, 9.17) is 0 Å². The summed E-state index contributed by atoms with van der Waals surface area (Å²) in [4.78, 5) is 25.3. The third-order valence-electron chi connectivity index (χ3n) is 4.26. The second-order valence-electron chi connectivity index (χ2n) is 6.00. The van der Waals surface area contributed by atoms with Crippen molar-refractivity contribution in [2.45, 2.75) is 38.1 Å². The summed E-state index contributed by atoms with van der Waals surface area (Å²) in [5.41, 5.74) is 0. The van der Waals surface area contributed by atoms with E-state index in [9.17, 15) is 23.1 Å². The van der Waals surface area contributed by atoms with Gasteiger partial charge in [-0.3, -0.25) is 9.59 Å². The van der Waals surface area contributed by atoms with Crippen molar-refractivity contribution in [2.24, 2.45) is 11.8 Å². The number of carboxylic acids is 1. The van der Waals surface area contributed by atoms with Crippen LogP contribution in [0.5, 0.6) is 0 Å². The fourth-order valence-electron chi connectivity index (χ4n) is 3.36. The van der Waals surface area contributed by atoms with E-state index in [-0.39, 0.29) is 11.9 Å². The maximum atomic E-state index is 12.5. The highest BCUT2D eigenvalue weighted by Crippen LogP contribution is 2.34. The predicted octanol–water partition coefficient (Wildman–Crippen LogP) is 0.0275. The largest absolute Gasteiger partial charge is 0.481 e. The number of rotatable bonds is 4. The first kappa shape index (κ1) is 16.2. The fourth-order valence-corrected chi connectivity index (χ4v) is 4.16. The SMILES string of the molecule is CS(=O)(=O)NC1CCCN(C(=O)C2CCCC2C(=O)O)C1. The summed E-state index contributed by atoms with van der Waals surface area (Å²) >= 11 is 0. The standard InChI is InChI=1S/C13H22N2O5S/c1-21(19,20)14-9-4-3-7-15(8-9)12(16)10-5-2-6-11(10)13(17)18/h9-11,14H,2-8H2,1H3,(H,17,18). The predicted molar refractivity (Wildman–Crippen MR) is 76.0 cm³/mol. The van der Waals surface area contributed by atoms with Crippen LogP contribution in [0.3, 0.4) is 0 Å². The average molecular weight is 318 g/mol. The van der Waals surface area contributed by atoms with Crippen LogP contribution in [-0.2, 0) is 19.6 Å². The van der Waals surface area contributed by atoms with Gasteiger partial charge in [-0.05, 0) is 25.7 Å². The summed E-state index contributed by atoms with van der Waals surface area (Å²) in [5.74, 6) is -2.10. The van der Waals surface area contributed by atoms with Crippen molar-refractivity contribution in [3.8, 4) is 0 Å². The van der Waals surface area contributed by atoms with Gasteiger partial charge in [-0.25, -0.2) is 13.1 Å². The zero-order valence-corrected chi connectivity index (χ0v) is 12.9. The number of likely N-dealkylation sites (tertiary alicyclic amines) is 1. The number of carbonyl (C=O) groups excluding carboxylic acids is 1. The van der Waals surface area contributed by atoms with E-state index in [1.165, 1.54) is 0 Å². The fraction of sp³-hybridized carbons (Fsp3) is 0.846. The highest BCUT2D eigenvalue weighted by molar-refractivity contribution is 7.88. The molecule has 0 spiro atoms. The molecular weight excluding hydrogens is 296 g/mol. The van der Waals surface area contributed by atoms with E-state index in [1.54, 1.807) is 4.90 Å². The van der Waals surface area contributed by atoms with Crippen molar-refractivity contribution >= 4 is 21.9 Å². The maximum Gasteiger partial charge on any atom is 0.307 e. The molecule has 7 nitrogen and oxygen atoms in total. The number of carboxylic acid groups (broad SMARTS) is 1. The zero-order chi connectivity index (χ0) is 15.6. The number of piperidine rings is 1. The number of nitrogens with one attached hydrogen (secondary N) is 1. The van der Waals surface area contributed by atoms with Gasteiger partial charge in [-0.2, -0.15) is 0 Å². The van der Waals surface area contributed by atoms with E-state index in [1.807, 2.05) is 0 Å². The lowest BCUT2D eigenvalue weighted by atomic mass is 9.93. The molecule has 2 N–H and O–H groups in total. The average Bonchev–Trinajstić information content (AvgIpc) is 2.85. The Morgan fingerprint density at radius 2 is 1.81 bits per heavy atom. The Hall–Kier alpha value is -1.15. The maximum absolute atomic E-state index is 12.5. The molecule has 1 saturated heterocycles. The molecule has 1 heterocycles. The third kappa shape index (κ3) is 4.16. The molecule has 1 aliphatic carbocycles. The van der Waals surface area contributed by atoms with Crippen molar-refractivity contribution in [2.75, 3.05) is 19.3 Å². The number of hydrogen-bond acceptors (Lipinski definition) is 4. The molecule has 3 unspecified atom stereocenters. The highest BCUT2D eigenvalue weighted by atomic mass is 32.2. The van der Waals surface area contributed by atoms with E-state index in [0.717, 1.165) is 19.1 Å². The van der Waals surface area contributed by atoms with Crippen LogP contribution in [0.25, 0.3) is 0 Å². The lowest BCUT2D eigenvalue weighted by Crippen LogP contribution is -2.51. The number of aliphatic carboxylic acids is 1. The molecule has 3 atom stereocenters. The Morgan fingerprint density at radius 3 is 2.43 bits per heavy atom. The minimum absolute atomic E-state index is 0.139. The summed E-state index contributed by atoms with van der Waals surface area (Å²) in [7, 11) is -3.30. The molecule has 0 radical (unpaired) electrons. The summed E-state index contributed by atoms with van der Waals surface area (Å²) in [6.07, 6.45) is 4.44. The van der Waals surface area contributed by atoms with Gasteiger partial charge in [0.05, 0.1) is 18.1 Å². The van der Waals surface area contributed by atoms with Gasteiger partial charge in [-0.1, -0.05) is 6.42 Å². The van der Waals surface area contributed by atoms with Crippen molar-refractivity contribution in [3.63, 3.8) is 0 Å². The Morgan fingerprint density at radius 1 is 1.14 bits per heavy atom. The first-order valence-corrected chi connectivity index (χ1v) is 9.16. The first-order chi connectivity index (χ1) is 9.78. The number of hydrogen-bond donors (Lipinski definition) is 2. The monoisotopic (exact) mass is 318 g/mol. The van der Waals surface area contributed by atoms with Crippen molar-refractivity contribution < 1.29 is 23.1 Å². The molecule has 0 aromatic carbocycles. The van der Waals surface area contributed by atoms with Crippen LogP contribution < -0.4 is 4.72 Å². The molecule has 120 valence electrons. The minimum atomic E-state index is -3.30. The molecule has 21 heavy (non-hydrogen) atoms. The van der Waals surface area contributed by atoms with Gasteiger partial charge in [0.15, 0.2) is 0 Å².